The van der Waals surface area contributed by atoms with Crippen LogP contribution in [0.5, 0.6) is 0 Å². The molecule has 2 heterocycles. The molecule has 17 heavy (non-hydrogen) atoms. The van der Waals surface area contributed by atoms with Gasteiger partial charge in [-0.2, -0.15) is 0 Å². The van der Waals surface area contributed by atoms with Gasteiger partial charge in [0.15, 0.2) is 0 Å². The van der Waals surface area contributed by atoms with E-state index in [1.54, 1.807) is 0 Å². The first-order chi connectivity index (χ1) is 8.09. The summed E-state index contributed by atoms with van der Waals surface area (Å²) in [6, 6.07) is 4.12. The van der Waals surface area contributed by atoms with Gasteiger partial charge in [0.25, 0.3) is 0 Å². The SMILES string of the molecule is CC(N)c1cccnc1N1CCC(C(C)C)C1. The molecule has 1 fully saturated rings. The maximum absolute atomic E-state index is 6.01. The van der Waals surface area contributed by atoms with E-state index in [-0.39, 0.29) is 6.04 Å². The van der Waals surface area contributed by atoms with Gasteiger partial charge in [0.2, 0.25) is 0 Å². The van der Waals surface area contributed by atoms with Gasteiger partial charge < -0.3 is 10.6 Å². The Hall–Kier alpha value is -1.09. The summed E-state index contributed by atoms with van der Waals surface area (Å²) in [6.45, 7) is 8.86. The van der Waals surface area contributed by atoms with E-state index in [2.05, 4.69) is 29.8 Å². The minimum atomic E-state index is 0.0526. The molecule has 1 aromatic heterocycles. The zero-order valence-corrected chi connectivity index (χ0v) is 11.1. The number of nitrogens with two attached hydrogens (primary N) is 1. The van der Waals surface area contributed by atoms with Gasteiger partial charge in [-0.25, -0.2) is 4.98 Å². The fraction of sp³-hybridized carbons (Fsp3) is 0.643. The number of hydrogen-bond donors (Lipinski definition) is 1. The van der Waals surface area contributed by atoms with Gasteiger partial charge in [0, 0.05) is 30.9 Å². The third-order valence-corrected chi connectivity index (χ3v) is 3.77. The maximum atomic E-state index is 6.01. The van der Waals surface area contributed by atoms with Gasteiger partial charge in [-0.1, -0.05) is 19.9 Å². The zero-order valence-electron chi connectivity index (χ0n) is 11.1. The van der Waals surface area contributed by atoms with Crippen LogP contribution in [0.15, 0.2) is 18.3 Å². The Balaban J connectivity index is 2.18. The molecule has 94 valence electrons. The summed E-state index contributed by atoms with van der Waals surface area (Å²) < 4.78 is 0. The van der Waals surface area contributed by atoms with Crippen molar-refractivity contribution in [2.75, 3.05) is 18.0 Å². The smallest absolute Gasteiger partial charge is 0.133 e. The van der Waals surface area contributed by atoms with E-state index in [0.29, 0.717) is 0 Å². The van der Waals surface area contributed by atoms with Gasteiger partial charge >= 0.3 is 0 Å². The van der Waals surface area contributed by atoms with Crippen molar-refractivity contribution in [1.29, 1.82) is 0 Å². The van der Waals surface area contributed by atoms with Crippen molar-refractivity contribution in [2.24, 2.45) is 17.6 Å². The third kappa shape index (κ3) is 2.60. The number of anilines is 1. The minimum absolute atomic E-state index is 0.0526. The van der Waals surface area contributed by atoms with Crippen molar-refractivity contribution < 1.29 is 0 Å². The van der Waals surface area contributed by atoms with E-state index < -0.39 is 0 Å². The molecule has 0 aromatic carbocycles. The van der Waals surface area contributed by atoms with E-state index in [1.165, 1.54) is 6.42 Å². The predicted octanol–water partition coefficient (Wildman–Crippen LogP) is 2.58. The molecule has 2 atom stereocenters. The van der Waals surface area contributed by atoms with Crippen molar-refractivity contribution in [1.82, 2.24) is 4.98 Å². The molecule has 0 saturated carbocycles. The molecular formula is C14H23N3. The number of hydrogen-bond acceptors (Lipinski definition) is 3. The standard InChI is InChI=1S/C14H23N3/c1-10(2)12-6-8-17(9-12)14-13(11(3)15)5-4-7-16-14/h4-5,7,10-12H,6,8-9,15H2,1-3H3. The highest BCUT2D eigenvalue weighted by atomic mass is 15.2. The van der Waals surface area contributed by atoms with Gasteiger partial charge in [-0.15, -0.1) is 0 Å². The first-order valence-corrected chi connectivity index (χ1v) is 6.55. The summed E-state index contributed by atoms with van der Waals surface area (Å²) in [4.78, 5) is 6.91. The second-order valence-electron chi connectivity index (χ2n) is 5.44. The summed E-state index contributed by atoms with van der Waals surface area (Å²) in [7, 11) is 0. The second-order valence-corrected chi connectivity index (χ2v) is 5.44. The summed E-state index contributed by atoms with van der Waals surface area (Å²) in [5, 5.41) is 0. The quantitative estimate of drug-likeness (QED) is 0.872. The number of pyridine rings is 1. The molecule has 0 spiro atoms. The topological polar surface area (TPSA) is 42.1 Å². The Kier molecular flexibility index (Phi) is 3.67. The van der Waals surface area contributed by atoms with Crippen LogP contribution in [0.25, 0.3) is 0 Å². The molecule has 0 aliphatic carbocycles. The van der Waals surface area contributed by atoms with E-state index >= 15 is 0 Å². The van der Waals surface area contributed by atoms with Crippen molar-refractivity contribution in [3.63, 3.8) is 0 Å². The van der Waals surface area contributed by atoms with E-state index in [4.69, 9.17) is 5.73 Å². The lowest BCUT2D eigenvalue weighted by Crippen LogP contribution is -2.24. The van der Waals surface area contributed by atoms with E-state index in [9.17, 15) is 0 Å². The number of rotatable bonds is 3. The van der Waals surface area contributed by atoms with Crippen LogP contribution in [-0.4, -0.2) is 18.1 Å². The average Bonchev–Trinajstić information content (AvgIpc) is 2.78. The Bertz CT molecular complexity index is 373. The van der Waals surface area contributed by atoms with Crippen LogP contribution in [-0.2, 0) is 0 Å². The lowest BCUT2D eigenvalue weighted by atomic mass is 9.95. The summed E-state index contributed by atoms with van der Waals surface area (Å²) in [5.74, 6) is 2.63. The molecule has 1 aromatic rings. The van der Waals surface area contributed by atoms with Crippen molar-refractivity contribution in [2.45, 2.75) is 33.2 Å². The summed E-state index contributed by atoms with van der Waals surface area (Å²) in [6.07, 6.45) is 3.14. The highest BCUT2D eigenvalue weighted by molar-refractivity contribution is 5.49. The predicted molar refractivity (Wildman–Crippen MR) is 72.0 cm³/mol. The average molecular weight is 233 g/mol. The Morgan fingerprint density at radius 2 is 2.18 bits per heavy atom. The fourth-order valence-corrected chi connectivity index (χ4v) is 2.55. The lowest BCUT2D eigenvalue weighted by molar-refractivity contribution is 0.422. The number of aromatic nitrogens is 1. The highest BCUT2D eigenvalue weighted by Gasteiger charge is 2.27. The zero-order chi connectivity index (χ0) is 12.4. The normalized spacial score (nSPS) is 22.2. The van der Waals surface area contributed by atoms with Crippen LogP contribution in [0.4, 0.5) is 5.82 Å². The van der Waals surface area contributed by atoms with Gasteiger partial charge in [0.1, 0.15) is 5.82 Å². The highest BCUT2D eigenvalue weighted by Crippen LogP contribution is 2.30. The minimum Gasteiger partial charge on any atom is -0.356 e. The Morgan fingerprint density at radius 1 is 1.41 bits per heavy atom. The lowest BCUT2D eigenvalue weighted by Gasteiger charge is -2.22. The Labute approximate surface area is 104 Å². The van der Waals surface area contributed by atoms with Crippen molar-refractivity contribution in [3.8, 4) is 0 Å². The first-order valence-electron chi connectivity index (χ1n) is 6.55. The van der Waals surface area contributed by atoms with Crippen molar-refractivity contribution >= 4 is 5.82 Å². The van der Waals surface area contributed by atoms with Crippen LogP contribution in [0.2, 0.25) is 0 Å². The van der Waals surface area contributed by atoms with Crippen molar-refractivity contribution in [3.05, 3.63) is 23.9 Å². The summed E-state index contributed by atoms with van der Waals surface area (Å²) in [5.41, 5.74) is 7.17. The first kappa shape index (κ1) is 12.4. The van der Waals surface area contributed by atoms with E-state index in [0.717, 1.165) is 36.3 Å². The molecule has 1 aliphatic heterocycles. The maximum Gasteiger partial charge on any atom is 0.133 e. The second kappa shape index (κ2) is 5.05. The van der Waals surface area contributed by atoms with Gasteiger partial charge in [-0.3, -0.25) is 0 Å². The molecule has 1 saturated heterocycles. The molecular weight excluding hydrogens is 210 g/mol. The van der Waals surface area contributed by atoms with Crippen LogP contribution >= 0.6 is 0 Å². The Morgan fingerprint density at radius 3 is 2.76 bits per heavy atom. The number of nitrogens with zero attached hydrogens (tertiary/aromatic N) is 2. The van der Waals surface area contributed by atoms with Gasteiger partial charge in [-0.05, 0) is 31.2 Å². The third-order valence-electron chi connectivity index (χ3n) is 3.77. The van der Waals surface area contributed by atoms with Crippen LogP contribution in [0.1, 0.15) is 38.8 Å². The largest absolute Gasteiger partial charge is 0.356 e. The molecule has 2 rings (SSSR count). The molecule has 0 radical (unpaired) electrons. The molecule has 2 N–H and O–H groups in total. The monoisotopic (exact) mass is 233 g/mol. The van der Waals surface area contributed by atoms with Crippen LogP contribution in [0, 0.1) is 11.8 Å². The van der Waals surface area contributed by atoms with Gasteiger partial charge in [0.05, 0.1) is 0 Å². The van der Waals surface area contributed by atoms with E-state index in [1.807, 2.05) is 19.2 Å². The molecule has 3 heteroatoms. The molecule has 0 amide bonds. The molecule has 1 aliphatic rings. The summed E-state index contributed by atoms with van der Waals surface area (Å²) >= 11 is 0. The molecule has 0 bridgehead atoms. The van der Waals surface area contributed by atoms with Crippen LogP contribution in [0.3, 0.4) is 0 Å². The van der Waals surface area contributed by atoms with Crippen LogP contribution < -0.4 is 10.6 Å². The fourth-order valence-electron chi connectivity index (χ4n) is 2.55. The molecule has 2 unspecified atom stereocenters. The molecule has 3 nitrogen and oxygen atoms in total.